The van der Waals surface area contributed by atoms with Gasteiger partial charge in [-0.15, -0.1) is 0 Å². The summed E-state index contributed by atoms with van der Waals surface area (Å²) in [6.07, 6.45) is 2.05. The molecule has 0 amide bonds. The van der Waals surface area contributed by atoms with Crippen LogP contribution in [0.25, 0.3) is 0 Å². The molecule has 0 saturated heterocycles. The topological polar surface area (TPSA) is 9.23 Å². The van der Waals surface area contributed by atoms with Crippen LogP contribution in [-0.2, 0) is 6.42 Å². The largest absolute Gasteiger partial charge is 0.489 e. The van der Waals surface area contributed by atoms with E-state index in [-0.39, 0.29) is 0 Å². The van der Waals surface area contributed by atoms with E-state index in [1.807, 2.05) is 12.1 Å². The summed E-state index contributed by atoms with van der Waals surface area (Å²) < 4.78 is 5.56. The lowest BCUT2D eigenvalue weighted by Gasteiger charge is -2.07. The molecule has 76 valence electrons. The minimum absolute atomic E-state index is 0.627. The Balaban J connectivity index is 2.47. The molecule has 1 rings (SSSR count). The highest BCUT2D eigenvalue weighted by atomic mass is 16.5. The lowest BCUT2D eigenvalue weighted by atomic mass is 10.2. The number of benzene rings is 1. The van der Waals surface area contributed by atoms with E-state index < -0.39 is 0 Å². The number of aryl methyl sites for hydroxylation is 1. The van der Waals surface area contributed by atoms with Crippen molar-refractivity contribution in [2.75, 3.05) is 6.61 Å². The summed E-state index contributed by atoms with van der Waals surface area (Å²) in [5.74, 6) is 0.928. The molecule has 14 heavy (non-hydrogen) atoms. The monoisotopic (exact) mass is 190 g/mol. The first kappa shape index (κ1) is 10.8. The average Bonchev–Trinajstić information content (AvgIpc) is 2.26. The maximum atomic E-state index is 5.56. The first-order valence-corrected chi connectivity index (χ1v) is 5.14. The Morgan fingerprint density at radius 2 is 1.86 bits per heavy atom. The Bertz CT molecular complexity index is 285. The minimum Gasteiger partial charge on any atom is -0.489 e. The van der Waals surface area contributed by atoms with Crippen molar-refractivity contribution in [3.63, 3.8) is 0 Å². The van der Waals surface area contributed by atoms with E-state index in [1.165, 1.54) is 5.56 Å². The number of rotatable bonds is 5. The van der Waals surface area contributed by atoms with Crippen LogP contribution in [0, 0.1) is 0 Å². The minimum atomic E-state index is 0.627. The van der Waals surface area contributed by atoms with Crippen LogP contribution >= 0.6 is 0 Å². The quantitative estimate of drug-likeness (QED) is 0.645. The van der Waals surface area contributed by atoms with E-state index in [1.54, 1.807) is 0 Å². The molecule has 0 aliphatic heterocycles. The molecular weight excluding hydrogens is 172 g/mol. The Kier molecular flexibility index (Phi) is 4.24. The van der Waals surface area contributed by atoms with Crippen molar-refractivity contribution < 1.29 is 4.74 Å². The fourth-order valence-electron chi connectivity index (χ4n) is 1.11. The molecule has 0 radical (unpaired) electrons. The molecule has 0 unspecified atom stereocenters. The zero-order valence-corrected chi connectivity index (χ0v) is 9.05. The standard InChI is InChI=1S/C13H18O/c1-4-11(3)10-14-13-8-6-12(5-2)7-9-13/h6-9H,3-5,10H2,1-2H3. The van der Waals surface area contributed by atoms with Gasteiger partial charge in [0.05, 0.1) is 0 Å². The summed E-state index contributed by atoms with van der Waals surface area (Å²) in [6, 6.07) is 8.23. The average molecular weight is 190 g/mol. The molecule has 0 bridgehead atoms. The predicted molar refractivity (Wildman–Crippen MR) is 60.7 cm³/mol. The first-order valence-electron chi connectivity index (χ1n) is 5.14. The van der Waals surface area contributed by atoms with Gasteiger partial charge >= 0.3 is 0 Å². The second kappa shape index (κ2) is 5.48. The molecule has 0 aliphatic carbocycles. The van der Waals surface area contributed by atoms with Crippen LogP contribution < -0.4 is 4.74 Å². The zero-order valence-electron chi connectivity index (χ0n) is 9.05. The van der Waals surface area contributed by atoms with Crippen LogP contribution in [0.1, 0.15) is 25.8 Å². The van der Waals surface area contributed by atoms with E-state index in [0.29, 0.717) is 6.61 Å². The molecule has 0 N–H and O–H groups in total. The molecule has 0 fully saturated rings. The lowest BCUT2D eigenvalue weighted by Crippen LogP contribution is -1.99. The third-order valence-electron chi connectivity index (χ3n) is 2.27. The van der Waals surface area contributed by atoms with Gasteiger partial charge in [0.25, 0.3) is 0 Å². The van der Waals surface area contributed by atoms with Gasteiger partial charge in [-0.1, -0.05) is 32.6 Å². The van der Waals surface area contributed by atoms with Gasteiger partial charge in [-0.3, -0.25) is 0 Å². The maximum absolute atomic E-state index is 5.56. The Morgan fingerprint density at radius 3 is 2.36 bits per heavy atom. The number of hydrogen-bond acceptors (Lipinski definition) is 1. The fourth-order valence-corrected chi connectivity index (χ4v) is 1.11. The van der Waals surface area contributed by atoms with Crippen LogP contribution in [0.5, 0.6) is 5.75 Å². The Morgan fingerprint density at radius 1 is 1.21 bits per heavy atom. The van der Waals surface area contributed by atoms with E-state index in [0.717, 1.165) is 24.2 Å². The van der Waals surface area contributed by atoms with Crippen LogP contribution in [0.2, 0.25) is 0 Å². The highest BCUT2D eigenvalue weighted by Crippen LogP contribution is 2.13. The van der Waals surface area contributed by atoms with Gasteiger partial charge in [0, 0.05) is 0 Å². The van der Waals surface area contributed by atoms with Crippen LogP contribution in [0.3, 0.4) is 0 Å². The smallest absolute Gasteiger partial charge is 0.119 e. The van der Waals surface area contributed by atoms with E-state index >= 15 is 0 Å². The van der Waals surface area contributed by atoms with Crippen LogP contribution in [0.4, 0.5) is 0 Å². The third-order valence-corrected chi connectivity index (χ3v) is 2.27. The van der Waals surface area contributed by atoms with Crippen molar-refractivity contribution in [3.05, 3.63) is 42.0 Å². The van der Waals surface area contributed by atoms with Gasteiger partial charge in [-0.2, -0.15) is 0 Å². The fraction of sp³-hybridized carbons (Fsp3) is 0.385. The molecule has 1 nitrogen and oxygen atoms in total. The van der Waals surface area contributed by atoms with E-state index in [2.05, 4.69) is 32.6 Å². The van der Waals surface area contributed by atoms with Gasteiger partial charge in [0.15, 0.2) is 0 Å². The van der Waals surface area contributed by atoms with Crippen molar-refractivity contribution >= 4 is 0 Å². The zero-order chi connectivity index (χ0) is 10.4. The predicted octanol–water partition coefficient (Wildman–Crippen LogP) is 3.59. The molecule has 0 aromatic heterocycles. The second-order valence-electron chi connectivity index (χ2n) is 3.39. The summed E-state index contributed by atoms with van der Waals surface area (Å²) >= 11 is 0. The van der Waals surface area contributed by atoms with Crippen LogP contribution in [-0.4, -0.2) is 6.61 Å². The van der Waals surface area contributed by atoms with E-state index in [9.17, 15) is 0 Å². The number of hydrogen-bond donors (Lipinski definition) is 0. The SMILES string of the molecule is C=C(CC)COc1ccc(CC)cc1. The molecule has 0 atom stereocenters. The van der Waals surface area contributed by atoms with Gasteiger partial charge < -0.3 is 4.74 Å². The van der Waals surface area contributed by atoms with Gasteiger partial charge in [0.1, 0.15) is 12.4 Å². The van der Waals surface area contributed by atoms with Crippen LogP contribution in [0.15, 0.2) is 36.4 Å². The molecule has 1 heteroatoms. The van der Waals surface area contributed by atoms with E-state index in [4.69, 9.17) is 4.74 Å². The molecule has 0 saturated carbocycles. The van der Waals surface area contributed by atoms with Crippen molar-refractivity contribution in [1.29, 1.82) is 0 Å². The normalized spacial score (nSPS) is 9.86. The summed E-state index contributed by atoms with van der Waals surface area (Å²) in [5, 5.41) is 0. The van der Waals surface area contributed by atoms with Gasteiger partial charge in [-0.05, 0) is 36.1 Å². The molecule has 0 heterocycles. The Labute approximate surface area is 86.4 Å². The highest BCUT2D eigenvalue weighted by Gasteiger charge is 1.95. The molecule has 0 aliphatic rings. The maximum Gasteiger partial charge on any atom is 0.119 e. The number of ether oxygens (including phenoxy) is 1. The summed E-state index contributed by atoms with van der Waals surface area (Å²) in [7, 11) is 0. The van der Waals surface area contributed by atoms with Gasteiger partial charge in [0.2, 0.25) is 0 Å². The van der Waals surface area contributed by atoms with Crippen molar-refractivity contribution in [2.24, 2.45) is 0 Å². The summed E-state index contributed by atoms with van der Waals surface area (Å²) in [5.41, 5.74) is 2.47. The molecular formula is C13H18O. The van der Waals surface area contributed by atoms with Crippen molar-refractivity contribution in [3.8, 4) is 5.75 Å². The molecule has 1 aromatic carbocycles. The highest BCUT2D eigenvalue weighted by molar-refractivity contribution is 5.27. The Hall–Kier alpha value is -1.24. The van der Waals surface area contributed by atoms with Crippen molar-refractivity contribution in [2.45, 2.75) is 26.7 Å². The summed E-state index contributed by atoms with van der Waals surface area (Å²) in [4.78, 5) is 0. The first-order chi connectivity index (χ1) is 6.76. The van der Waals surface area contributed by atoms with Crippen molar-refractivity contribution in [1.82, 2.24) is 0 Å². The second-order valence-corrected chi connectivity index (χ2v) is 3.39. The summed E-state index contributed by atoms with van der Waals surface area (Å²) in [6.45, 7) is 8.76. The molecule has 0 spiro atoms. The lowest BCUT2D eigenvalue weighted by molar-refractivity contribution is 0.349. The van der Waals surface area contributed by atoms with Gasteiger partial charge in [-0.25, -0.2) is 0 Å². The molecule has 1 aromatic rings. The third kappa shape index (κ3) is 3.25.